The molecule has 1 N–H and O–H groups in total. The third-order valence-corrected chi connectivity index (χ3v) is 6.76. The van der Waals surface area contributed by atoms with Gasteiger partial charge in [0.05, 0.1) is 0 Å². The van der Waals surface area contributed by atoms with Gasteiger partial charge in [-0.3, -0.25) is 4.98 Å². The summed E-state index contributed by atoms with van der Waals surface area (Å²) in [6, 6.07) is 2.89. The summed E-state index contributed by atoms with van der Waals surface area (Å²) in [4.78, 5) is 7.36. The van der Waals surface area contributed by atoms with Crippen LogP contribution in [0.5, 0.6) is 0 Å². The fourth-order valence-electron chi connectivity index (χ4n) is 3.66. The quantitative estimate of drug-likeness (QED) is 0.299. The van der Waals surface area contributed by atoms with Gasteiger partial charge < -0.3 is 9.12 Å². The highest BCUT2D eigenvalue weighted by Gasteiger charge is 2.38. The van der Waals surface area contributed by atoms with Crippen LogP contribution in [0.2, 0.25) is 0 Å². The average Bonchev–Trinajstić information content (AvgIpc) is 3.06. The van der Waals surface area contributed by atoms with Gasteiger partial charge in [-0.1, -0.05) is 32.9 Å². The minimum Gasteiger partial charge on any atom is -0.598 e. The van der Waals surface area contributed by atoms with Gasteiger partial charge in [0, 0.05) is 58.5 Å². The molecule has 2 aromatic heterocycles. The Morgan fingerprint density at radius 2 is 1.66 bits per heavy atom. The molecule has 0 spiro atoms. The Kier molecular flexibility index (Phi) is 7.55. The topological polar surface area (TPSA) is 65.8 Å². The van der Waals surface area contributed by atoms with Crippen LogP contribution in [-0.2, 0) is 24.1 Å². The van der Waals surface area contributed by atoms with E-state index in [0.717, 1.165) is 6.20 Å². The van der Waals surface area contributed by atoms with E-state index in [-0.39, 0.29) is 22.2 Å². The van der Waals surface area contributed by atoms with Crippen LogP contribution in [0.1, 0.15) is 58.8 Å². The Labute approximate surface area is 204 Å². The van der Waals surface area contributed by atoms with Crippen LogP contribution in [0.25, 0.3) is 22.2 Å². The van der Waals surface area contributed by atoms with Crippen LogP contribution in [-0.4, -0.2) is 30.3 Å². The van der Waals surface area contributed by atoms with E-state index in [1.54, 1.807) is 31.5 Å². The summed E-state index contributed by atoms with van der Waals surface area (Å²) in [6.45, 7) is 11.3. The minimum atomic E-state index is -4.71. The molecule has 0 saturated heterocycles. The number of fused-ring (bicyclic) bond motifs is 1. The van der Waals surface area contributed by atoms with Gasteiger partial charge in [-0.05, 0) is 32.3 Å². The second-order valence-electron chi connectivity index (χ2n) is 10.6. The molecule has 0 fully saturated rings. The molecule has 0 saturated carbocycles. The number of aromatic nitrogens is 3. The maximum Gasteiger partial charge on any atom is 0.435 e. The van der Waals surface area contributed by atoms with Crippen LogP contribution in [0.15, 0.2) is 36.8 Å². The van der Waals surface area contributed by atoms with Gasteiger partial charge in [0.1, 0.15) is 16.5 Å². The molecule has 3 rings (SSSR count). The molecule has 0 radical (unpaired) electrons. The number of alkyl halides is 5. The average molecular weight is 517 g/mol. The summed E-state index contributed by atoms with van der Waals surface area (Å²) >= 11 is -1.77. The number of rotatable bonds is 6. The second kappa shape index (κ2) is 9.67. The highest BCUT2D eigenvalue weighted by atomic mass is 32.2. The smallest absolute Gasteiger partial charge is 0.435 e. The first-order valence-electron chi connectivity index (χ1n) is 11.0. The summed E-state index contributed by atoms with van der Waals surface area (Å²) in [5.41, 5.74) is -0.868. The van der Waals surface area contributed by atoms with Crippen molar-refractivity contribution in [2.75, 3.05) is 0 Å². The Bertz CT molecular complexity index is 1180. The molecule has 5 nitrogen and oxygen atoms in total. The molecule has 0 unspecified atom stereocenters. The predicted octanol–water partition coefficient (Wildman–Crippen LogP) is 6.52. The van der Waals surface area contributed by atoms with Gasteiger partial charge in [0.25, 0.3) is 6.43 Å². The lowest BCUT2D eigenvalue weighted by Crippen LogP contribution is -2.43. The van der Waals surface area contributed by atoms with Crippen molar-refractivity contribution >= 4 is 22.3 Å². The van der Waals surface area contributed by atoms with E-state index in [4.69, 9.17) is 0 Å². The molecule has 1 aromatic carbocycles. The maximum atomic E-state index is 14.2. The monoisotopic (exact) mass is 516 g/mol. The molecule has 0 aliphatic heterocycles. The highest BCUT2D eigenvalue weighted by molar-refractivity contribution is 7.90. The third kappa shape index (κ3) is 6.31. The first-order chi connectivity index (χ1) is 16.0. The van der Waals surface area contributed by atoms with Gasteiger partial charge >= 0.3 is 6.18 Å². The van der Waals surface area contributed by atoms with Gasteiger partial charge in [-0.25, -0.2) is 13.8 Å². The molecule has 0 amide bonds. The minimum absolute atomic E-state index is 0.164. The fourth-order valence-corrected chi connectivity index (χ4v) is 4.47. The molecule has 2 atom stereocenters. The number of hydrogen-bond donors (Lipinski definition) is 1. The van der Waals surface area contributed by atoms with Gasteiger partial charge in [0.2, 0.25) is 0 Å². The molecular weight excluding hydrogens is 487 g/mol. The third-order valence-electron chi connectivity index (χ3n) is 5.18. The zero-order valence-electron chi connectivity index (χ0n) is 20.4. The number of benzene rings is 1. The molecule has 192 valence electrons. The Morgan fingerprint density at radius 1 is 1.03 bits per heavy atom. The van der Waals surface area contributed by atoms with Gasteiger partial charge in [-0.15, -0.1) is 4.72 Å². The SMILES string of the molecule is CC(C)(C)Cn1cc([C@H](N[S@@+]([O-])C(C)(C)C)C(F)F)c2ccc(-c3nccnc3C(F)(F)F)cc21. The van der Waals surface area contributed by atoms with Crippen molar-refractivity contribution in [3.63, 3.8) is 0 Å². The predicted molar refractivity (Wildman–Crippen MR) is 127 cm³/mol. The van der Waals surface area contributed by atoms with Crippen LogP contribution in [0.4, 0.5) is 22.0 Å². The lowest BCUT2D eigenvalue weighted by atomic mass is 9.97. The molecule has 2 heterocycles. The lowest BCUT2D eigenvalue weighted by Gasteiger charge is -2.27. The van der Waals surface area contributed by atoms with Crippen molar-refractivity contribution < 1.29 is 26.5 Å². The van der Waals surface area contributed by atoms with Gasteiger partial charge in [0.15, 0.2) is 5.69 Å². The number of nitrogens with zero attached hydrogens (tertiary/aromatic N) is 3. The zero-order chi connectivity index (χ0) is 26.3. The molecule has 0 aliphatic rings. The summed E-state index contributed by atoms with van der Waals surface area (Å²) in [6.07, 6.45) is -3.87. The first kappa shape index (κ1) is 27.3. The van der Waals surface area contributed by atoms with Crippen LogP contribution >= 0.6 is 0 Å². The fraction of sp³-hybridized carbons (Fsp3) is 0.500. The number of hydrogen-bond acceptors (Lipinski definition) is 4. The van der Waals surface area contributed by atoms with Gasteiger partial charge in [-0.2, -0.15) is 13.2 Å². The van der Waals surface area contributed by atoms with E-state index < -0.39 is 40.4 Å². The van der Waals surface area contributed by atoms with Crippen molar-refractivity contribution in [1.82, 2.24) is 19.3 Å². The Morgan fingerprint density at radius 3 is 2.20 bits per heavy atom. The standard InChI is InChI=1S/C24H29F5N4OS/c1-22(2,3)13-33-12-16(19(21(25)26)32-35(34)23(4,5)6)15-8-7-14(11-17(15)33)18-20(24(27,28)29)31-10-9-30-18/h7-12,19,21,32H,13H2,1-6H3/t19-,35-/m0/s1. The Hall–Kier alpha value is -2.24. The molecule has 0 aliphatic carbocycles. The first-order valence-corrected chi connectivity index (χ1v) is 12.1. The summed E-state index contributed by atoms with van der Waals surface area (Å²) in [5, 5.41) is 0.430. The van der Waals surface area contributed by atoms with Crippen LogP contribution in [0, 0.1) is 5.41 Å². The zero-order valence-corrected chi connectivity index (χ0v) is 21.2. The van der Waals surface area contributed by atoms with Crippen molar-refractivity contribution in [3.8, 4) is 11.3 Å². The van der Waals surface area contributed by atoms with Crippen molar-refractivity contribution in [3.05, 3.63) is 48.0 Å². The molecule has 11 heteroatoms. The second-order valence-corrected chi connectivity index (χ2v) is 12.6. The molecular formula is C24H29F5N4OS. The molecule has 0 bridgehead atoms. The molecule has 35 heavy (non-hydrogen) atoms. The number of halogens is 5. The van der Waals surface area contributed by atoms with E-state index in [0.29, 0.717) is 17.4 Å². The van der Waals surface area contributed by atoms with E-state index in [1.165, 1.54) is 24.4 Å². The lowest BCUT2D eigenvalue weighted by molar-refractivity contribution is -0.140. The summed E-state index contributed by atoms with van der Waals surface area (Å²) in [5.74, 6) is 0. The van der Waals surface area contributed by atoms with E-state index in [9.17, 15) is 26.5 Å². The Balaban J connectivity index is 2.21. The summed E-state index contributed by atoms with van der Waals surface area (Å²) in [7, 11) is 0. The number of nitrogens with one attached hydrogen (secondary N) is 1. The van der Waals surface area contributed by atoms with Crippen molar-refractivity contribution in [2.24, 2.45) is 5.41 Å². The van der Waals surface area contributed by atoms with E-state index in [1.807, 2.05) is 20.8 Å². The van der Waals surface area contributed by atoms with E-state index in [2.05, 4.69) is 14.7 Å². The maximum absolute atomic E-state index is 14.2. The summed E-state index contributed by atoms with van der Waals surface area (Å²) < 4.78 is 85.1. The van der Waals surface area contributed by atoms with Crippen LogP contribution < -0.4 is 4.72 Å². The van der Waals surface area contributed by atoms with E-state index >= 15 is 0 Å². The largest absolute Gasteiger partial charge is 0.598 e. The van der Waals surface area contributed by atoms with Crippen molar-refractivity contribution in [2.45, 2.75) is 71.5 Å². The molecule has 3 aromatic rings. The van der Waals surface area contributed by atoms with Crippen LogP contribution in [0.3, 0.4) is 0 Å². The highest BCUT2D eigenvalue weighted by Crippen LogP contribution is 2.38. The normalized spacial score (nSPS) is 15.1. The van der Waals surface area contributed by atoms with Crippen molar-refractivity contribution in [1.29, 1.82) is 0 Å².